The maximum absolute atomic E-state index is 12.8. The number of para-hydroxylation sites is 1. The number of hydrogen-bond acceptors (Lipinski definition) is 3. The molecule has 1 unspecified atom stereocenters. The molecule has 0 amide bonds. The lowest BCUT2D eigenvalue weighted by Crippen LogP contribution is -2.11. The number of benzene rings is 2. The zero-order chi connectivity index (χ0) is 15.7. The summed E-state index contributed by atoms with van der Waals surface area (Å²) in [5.74, 6) is -0.364. The molecule has 1 atom stereocenters. The van der Waals surface area contributed by atoms with Crippen LogP contribution in [-0.4, -0.2) is 18.7 Å². The fourth-order valence-electron chi connectivity index (χ4n) is 2.52. The van der Waals surface area contributed by atoms with Gasteiger partial charge in [0.15, 0.2) is 0 Å². The molecule has 0 aliphatic heterocycles. The van der Waals surface area contributed by atoms with E-state index < -0.39 is 10.0 Å². The highest BCUT2D eigenvalue weighted by Gasteiger charge is 2.22. The van der Waals surface area contributed by atoms with E-state index in [-0.39, 0.29) is 10.8 Å². The van der Waals surface area contributed by atoms with Gasteiger partial charge in [0, 0.05) is 17.5 Å². The molecular formula is C17H15NO3S. The van der Waals surface area contributed by atoms with E-state index in [1.165, 1.54) is 3.97 Å². The summed E-state index contributed by atoms with van der Waals surface area (Å²) in [6.07, 6.45) is 2.37. The van der Waals surface area contributed by atoms with E-state index in [1.54, 1.807) is 55.6 Å². The number of carbonyl (C=O) groups is 1. The summed E-state index contributed by atoms with van der Waals surface area (Å²) in [6, 6.07) is 15.5. The minimum atomic E-state index is -3.69. The van der Waals surface area contributed by atoms with Crippen LogP contribution >= 0.6 is 0 Å². The van der Waals surface area contributed by atoms with Crippen LogP contribution in [0.4, 0.5) is 0 Å². The van der Waals surface area contributed by atoms with Crippen LogP contribution in [0, 0.1) is 0 Å². The van der Waals surface area contributed by atoms with Crippen molar-refractivity contribution >= 4 is 27.2 Å². The molecule has 3 aromatic rings. The average molecular weight is 313 g/mol. The summed E-state index contributed by atoms with van der Waals surface area (Å²) in [5.41, 5.74) is 1.29. The van der Waals surface area contributed by atoms with Gasteiger partial charge in [-0.15, -0.1) is 0 Å². The zero-order valence-corrected chi connectivity index (χ0v) is 12.8. The van der Waals surface area contributed by atoms with E-state index in [0.29, 0.717) is 11.1 Å². The highest BCUT2D eigenvalue weighted by atomic mass is 32.2. The molecule has 4 nitrogen and oxygen atoms in total. The molecule has 0 N–H and O–H groups in total. The van der Waals surface area contributed by atoms with Crippen molar-refractivity contribution in [2.75, 3.05) is 0 Å². The van der Waals surface area contributed by atoms with Crippen molar-refractivity contribution in [3.8, 4) is 0 Å². The molecule has 0 bridgehead atoms. The van der Waals surface area contributed by atoms with Gasteiger partial charge in [-0.1, -0.05) is 43.3 Å². The summed E-state index contributed by atoms with van der Waals surface area (Å²) in [5, 5.41) is 0.779. The molecule has 5 heteroatoms. The fraction of sp³-hybridized carbons (Fsp3) is 0.118. The van der Waals surface area contributed by atoms with Crippen LogP contribution < -0.4 is 0 Å². The third kappa shape index (κ3) is 2.23. The lowest BCUT2D eigenvalue weighted by molar-refractivity contribution is -0.108. The van der Waals surface area contributed by atoms with Crippen LogP contribution in [0.5, 0.6) is 0 Å². The first-order valence-electron chi connectivity index (χ1n) is 6.91. The van der Waals surface area contributed by atoms with Gasteiger partial charge in [-0.3, -0.25) is 0 Å². The van der Waals surface area contributed by atoms with Gasteiger partial charge in [0.1, 0.15) is 6.29 Å². The molecule has 0 radical (unpaired) electrons. The molecule has 0 spiro atoms. The fourth-order valence-corrected chi connectivity index (χ4v) is 3.92. The van der Waals surface area contributed by atoms with E-state index in [9.17, 15) is 13.2 Å². The molecule has 0 aliphatic rings. The smallest absolute Gasteiger partial charge is 0.268 e. The molecule has 1 heterocycles. The Labute approximate surface area is 129 Å². The standard InChI is InChI=1S/C17H15NO3S/c1-13(12-19)16-11-18(17-10-6-5-9-15(16)17)22(20,21)14-7-3-2-4-8-14/h2-13H,1H3. The Morgan fingerprint density at radius 2 is 1.64 bits per heavy atom. The second-order valence-corrected chi connectivity index (χ2v) is 6.96. The monoisotopic (exact) mass is 313 g/mol. The third-order valence-electron chi connectivity index (χ3n) is 3.70. The van der Waals surface area contributed by atoms with Gasteiger partial charge in [0.05, 0.1) is 10.4 Å². The average Bonchev–Trinajstić information content (AvgIpc) is 2.95. The number of fused-ring (bicyclic) bond motifs is 1. The Morgan fingerprint density at radius 3 is 2.32 bits per heavy atom. The minimum absolute atomic E-state index is 0.223. The van der Waals surface area contributed by atoms with Crippen molar-refractivity contribution in [3.05, 3.63) is 66.4 Å². The first kappa shape index (κ1) is 14.5. The van der Waals surface area contributed by atoms with Crippen molar-refractivity contribution in [3.63, 3.8) is 0 Å². The van der Waals surface area contributed by atoms with Crippen molar-refractivity contribution in [2.45, 2.75) is 17.7 Å². The van der Waals surface area contributed by atoms with Gasteiger partial charge in [-0.2, -0.15) is 0 Å². The predicted octanol–water partition coefficient (Wildman–Crippen LogP) is 3.18. The number of rotatable bonds is 4. The largest absolute Gasteiger partial charge is 0.303 e. The normalized spacial score (nSPS) is 13.1. The minimum Gasteiger partial charge on any atom is -0.303 e. The van der Waals surface area contributed by atoms with E-state index in [4.69, 9.17) is 0 Å². The molecule has 112 valence electrons. The van der Waals surface area contributed by atoms with Gasteiger partial charge < -0.3 is 4.79 Å². The molecule has 0 fully saturated rings. The predicted molar refractivity (Wildman–Crippen MR) is 85.4 cm³/mol. The highest BCUT2D eigenvalue weighted by Crippen LogP contribution is 2.29. The summed E-state index contributed by atoms with van der Waals surface area (Å²) in [4.78, 5) is 11.3. The first-order chi connectivity index (χ1) is 10.6. The maximum Gasteiger partial charge on any atom is 0.268 e. The molecule has 0 saturated carbocycles. The van der Waals surface area contributed by atoms with Crippen LogP contribution in [-0.2, 0) is 14.8 Å². The SMILES string of the molecule is CC(C=O)c1cn(S(=O)(=O)c2ccccc2)c2ccccc12. The van der Waals surface area contributed by atoms with Crippen molar-refractivity contribution < 1.29 is 13.2 Å². The Balaban J connectivity index is 2.30. The van der Waals surface area contributed by atoms with Gasteiger partial charge in [0.2, 0.25) is 0 Å². The summed E-state index contributed by atoms with van der Waals surface area (Å²) in [6.45, 7) is 1.76. The quantitative estimate of drug-likeness (QED) is 0.695. The lowest BCUT2D eigenvalue weighted by atomic mass is 10.0. The molecule has 0 aliphatic carbocycles. The molecule has 1 aromatic heterocycles. The highest BCUT2D eigenvalue weighted by molar-refractivity contribution is 7.90. The Kier molecular flexibility index (Phi) is 3.58. The van der Waals surface area contributed by atoms with Crippen molar-refractivity contribution in [1.82, 2.24) is 3.97 Å². The van der Waals surface area contributed by atoms with Crippen LogP contribution in [0.15, 0.2) is 65.7 Å². The number of aromatic nitrogens is 1. The van der Waals surface area contributed by atoms with E-state index in [0.717, 1.165) is 11.7 Å². The summed E-state index contributed by atoms with van der Waals surface area (Å²) < 4.78 is 27.0. The summed E-state index contributed by atoms with van der Waals surface area (Å²) in [7, 11) is -3.69. The molecule has 22 heavy (non-hydrogen) atoms. The van der Waals surface area contributed by atoms with Gasteiger partial charge in [-0.25, -0.2) is 12.4 Å². The van der Waals surface area contributed by atoms with Crippen LogP contribution in [0.3, 0.4) is 0 Å². The number of hydrogen-bond donors (Lipinski definition) is 0. The Bertz CT molecular complexity index is 927. The van der Waals surface area contributed by atoms with Crippen LogP contribution in [0.25, 0.3) is 10.9 Å². The van der Waals surface area contributed by atoms with Crippen molar-refractivity contribution in [2.24, 2.45) is 0 Å². The molecule has 3 rings (SSSR count). The second kappa shape index (κ2) is 5.42. The van der Waals surface area contributed by atoms with Crippen LogP contribution in [0.1, 0.15) is 18.4 Å². The van der Waals surface area contributed by atoms with Gasteiger partial charge in [-0.05, 0) is 23.8 Å². The number of carbonyl (C=O) groups excluding carboxylic acids is 1. The topological polar surface area (TPSA) is 56.1 Å². The molecule has 0 saturated heterocycles. The Morgan fingerprint density at radius 1 is 1.00 bits per heavy atom. The molecular weight excluding hydrogens is 298 g/mol. The zero-order valence-electron chi connectivity index (χ0n) is 12.0. The van der Waals surface area contributed by atoms with Gasteiger partial charge in [0.25, 0.3) is 10.0 Å². The van der Waals surface area contributed by atoms with Gasteiger partial charge >= 0.3 is 0 Å². The number of nitrogens with zero attached hydrogens (tertiary/aromatic N) is 1. The van der Waals surface area contributed by atoms with E-state index in [1.807, 2.05) is 12.1 Å². The van der Waals surface area contributed by atoms with Crippen LogP contribution in [0.2, 0.25) is 0 Å². The van der Waals surface area contributed by atoms with E-state index in [2.05, 4.69) is 0 Å². The lowest BCUT2D eigenvalue weighted by Gasteiger charge is -2.07. The summed E-state index contributed by atoms with van der Waals surface area (Å²) >= 11 is 0. The Hall–Kier alpha value is -2.40. The first-order valence-corrected chi connectivity index (χ1v) is 8.35. The van der Waals surface area contributed by atoms with Crippen molar-refractivity contribution in [1.29, 1.82) is 0 Å². The third-order valence-corrected chi connectivity index (χ3v) is 5.39. The van der Waals surface area contributed by atoms with E-state index >= 15 is 0 Å². The molecule has 2 aromatic carbocycles. The number of aldehydes is 1. The second-order valence-electron chi connectivity index (χ2n) is 5.14. The maximum atomic E-state index is 12.8.